The highest BCUT2D eigenvalue weighted by Gasteiger charge is 2.24. The number of rotatable bonds is 4. The maximum atomic E-state index is 12.6. The van der Waals surface area contributed by atoms with Gasteiger partial charge in [-0.05, 0) is 26.8 Å². The molecule has 5 heteroatoms. The Bertz CT molecular complexity index is 938. The lowest BCUT2D eigenvalue weighted by atomic mass is 9.93. The molecule has 5 nitrogen and oxygen atoms in total. The molecule has 3 aromatic rings. The third-order valence-corrected chi connectivity index (χ3v) is 5.80. The summed E-state index contributed by atoms with van der Waals surface area (Å²) in [5.41, 5.74) is 2.45. The van der Waals surface area contributed by atoms with Crippen molar-refractivity contribution in [1.29, 1.82) is 0 Å². The Morgan fingerprint density at radius 3 is 2.65 bits per heavy atom. The van der Waals surface area contributed by atoms with Gasteiger partial charge in [-0.1, -0.05) is 49.6 Å². The highest BCUT2D eigenvalue weighted by Crippen LogP contribution is 2.28. The Morgan fingerprint density at radius 1 is 1.19 bits per heavy atom. The monoisotopic (exact) mass is 350 g/mol. The van der Waals surface area contributed by atoms with E-state index in [9.17, 15) is 4.79 Å². The molecule has 2 aromatic heterocycles. The van der Waals surface area contributed by atoms with Crippen LogP contribution >= 0.6 is 0 Å². The zero-order chi connectivity index (χ0) is 18.1. The number of H-pyrrole nitrogens is 1. The molecule has 0 aliphatic heterocycles. The number of nitrogens with one attached hydrogen (secondary N) is 1. The van der Waals surface area contributed by atoms with Crippen LogP contribution in [0.5, 0.6) is 0 Å². The second kappa shape index (κ2) is 7.08. The Kier molecular flexibility index (Phi) is 4.64. The van der Waals surface area contributed by atoms with Gasteiger partial charge in [-0.3, -0.25) is 14.1 Å². The number of fused-ring (bicyclic) bond motifs is 1. The van der Waals surface area contributed by atoms with Crippen LogP contribution in [-0.2, 0) is 0 Å². The van der Waals surface area contributed by atoms with Crippen LogP contribution in [0.2, 0.25) is 0 Å². The van der Waals surface area contributed by atoms with Gasteiger partial charge in [0.25, 0.3) is 5.56 Å². The number of hydrogen-bond donors (Lipinski definition) is 1. The molecule has 0 radical (unpaired) electrons. The normalized spacial score (nSPS) is 17.0. The number of benzene rings is 1. The summed E-state index contributed by atoms with van der Waals surface area (Å²) in [5.74, 6) is 0.806. The first-order valence-corrected chi connectivity index (χ1v) is 9.53. The molecule has 26 heavy (non-hydrogen) atoms. The van der Waals surface area contributed by atoms with Gasteiger partial charge in [-0.15, -0.1) is 0 Å². The SMILES string of the molecule is CC(c1cn2c(-c3ccccc3)ncc2c(=O)[nH]1)N(C)C1CCCCC1. The molecule has 1 aliphatic rings. The molecule has 1 unspecified atom stereocenters. The topological polar surface area (TPSA) is 53.4 Å². The van der Waals surface area contributed by atoms with E-state index in [4.69, 9.17) is 0 Å². The summed E-state index contributed by atoms with van der Waals surface area (Å²) in [6.45, 7) is 2.17. The van der Waals surface area contributed by atoms with Gasteiger partial charge in [0.05, 0.1) is 11.9 Å². The molecule has 0 bridgehead atoms. The van der Waals surface area contributed by atoms with Crippen molar-refractivity contribution in [2.45, 2.75) is 51.1 Å². The molecule has 1 aliphatic carbocycles. The van der Waals surface area contributed by atoms with Crippen LogP contribution in [0.25, 0.3) is 16.9 Å². The molecule has 0 spiro atoms. The number of hydrogen-bond acceptors (Lipinski definition) is 3. The number of aromatic nitrogens is 3. The van der Waals surface area contributed by atoms with Crippen molar-refractivity contribution in [3.63, 3.8) is 0 Å². The Hall–Kier alpha value is -2.40. The summed E-state index contributed by atoms with van der Waals surface area (Å²) in [6.07, 6.45) is 10.1. The maximum Gasteiger partial charge on any atom is 0.274 e. The molecule has 4 rings (SSSR count). The van der Waals surface area contributed by atoms with E-state index in [-0.39, 0.29) is 11.6 Å². The standard InChI is InChI=1S/C21H26N4O/c1-15(24(2)17-11-7-4-8-12-17)18-14-25-19(21(26)23-18)13-22-20(25)16-9-5-3-6-10-16/h3,5-6,9-10,13-15,17H,4,7-8,11-12H2,1-2H3,(H,23,26). The first-order chi connectivity index (χ1) is 12.6. The molecular formula is C21H26N4O. The highest BCUT2D eigenvalue weighted by molar-refractivity contribution is 5.61. The Morgan fingerprint density at radius 2 is 1.92 bits per heavy atom. The zero-order valence-electron chi connectivity index (χ0n) is 15.5. The van der Waals surface area contributed by atoms with E-state index in [1.54, 1.807) is 6.20 Å². The summed E-state index contributed by atoms with van der Waals surface area (Å²) < 4.78 is 1.93. The lowest BCUT2D eigenvalue weighted by molar-refractivity contribution is 0.144. The molecule has 1 aromatic carbocycles. The van der Waals surface area contributed by atoms with E-state index >= 15 is 0 Å². The van der Waals surface area contributed by atoms with Crippen molar-refractivity contribution in [3.8, 4) is 11.4 Å². The average Bonchev–Trinajstić information content (AvgIpc) is 3.13. The molecular weight excluding hydrogens is 324 g/mol. The second-order valence-corrected chi connectivity index (χ2v) is 7.37. The number of imidazole rings is 1. The molecule has 1 saturated carbocycles. The first-order valence-electron chi connectivity index (χ1n) is 9.53. The zero-order valence-corrected chi connectivity index (χ0v) is 15.5. The summed E-state index contributed by atoms with van der Waals surface area (Å²) >= 11 is 0. The van der Waals surface area contributed by atoms with Crippen LogP contribution in [0.3, 0.4) is 0 Å². The third-order valence-electron chi connectivity index (χ3n) is 5.80. The molecule has 1 atom stereocenters. The molecule has 2 heterocycles. The van der Waals surface area contributed by atoms with Crippen LogP contribution in [0.1, 0.15) is 50.8 Å². The summed E-state index contributed by atoms with van der Waals surface area (Å²) in [4.78, 5) is 22.6. The van der Waals surface area contributed by atoms with E-state index in [0.29, 0.717) is 11.6 Å². The quantitative estimate of drug-likeness (QED) is 0.773. The Balaban J connectivity index is 1.73. The van der Waals surface area contributed by atoms with Crippen molar-refractivity contribution in [1.82, 2.24) is 19.3 Å². The van der Waals surface area contributed by atoms with Crippen molar-refractivity contribution in [2.24, 2.45) is 0 Å². The van der Waals surface area contributed by atoms with Crippen LogP contribution in [0.4, 0.5) is 0 Å². The maximum absolute atomic E-state index is 12.6. The third kappa shape index (κ3) is 3.07. The predicted octanol–water partition coefficient (Wildman–Crippen LogP) is 4.02. The van der Waals surface area contributed by atoms with Gasteiger partial charge in [-0.2, -0.15) is 0 Å². The largest absolute Gasteiger partial charge is 0.321 e. The molecule has 1 N–H and O–H groups in total. The lowest BCUT2D eigenvalue weighted by Crippen LogP contribution is -2.36. The number of aromatic amines is 1. The van der Waals surface area contributed by atoms with Crippen LogP contribution in [0.15, 0.2) is 47.5 Å². The van der Waals surface area contributed by atoms with Gasteiger partial charge in [0.15, 0.2) is 0 Å². The minimum Gasteiger partial charge on any atom is -0.321 e. The minimum absolute atomic E-state index is 0.0823. The van der Waals surface area contributed by atoms with Crippen molar-refractivity contribution in [2.75, 3.05) is 7.05 Å². The minimum atomic E-state index is -0.0823. The second-order valence-electron chi connectivity index (χ2n) is 7.37. The van der Waals surface area contributed by atoms with Gasteiger partial charge in [0.2, 0.25) is 0 Å². The molecule has 0 amide bonds. The fourth-order valence-electron chi connectivity index (χ4n) is 4.06. The van der Waals surface area contributed by atoms with Crippen LogP contribution < -0.4 is 5.56 Å². The van der Waals surface area contributed by atoms with Gasteiger partial charge >= 0.3 is 0 Å². The highest BCUT2D eigenvalue weighted by atomic mass is 16.1. The summed E-state index contributed by atoms with van der Waals surface area (Å²) in [5, 5.41) is 0. The van der Waals surface area contributed by atoms with Gasteiger partial charge < -0.3 is 4.98 Å². The molecule has 136 valence electrons. The van der Waals surface area contributed by atoms with Gasteiger partial charge in [0.1, 0.15) is 11.3 Å². The fourth-order valence-corrected chi connectivity index (χ4v) is 4.06. The van der Waals surface area contributed by atoms with E-state index in [1.165, 1.54) is 32.1 Å². The fraction of sp³-hybridized carbons (Fsp3) is 0.429. The Labute approximate surface area is 153 Å². The lowest BCUT2D eigenvalue weighted by Gasteiger charge is -2.35. The molecule has 0 saturated heterocycles. The van der Waals surface area contributed by atoms with E-state index in [0.717, 1.165) is 17.1 Å². The summed E-state index contributed by atoms with van der Waals surface area (Å²) in [7, 11) is 2.18. The van der Waals surface area contributed by atoms with E-state index in [1.807, 2.05) is 40.9 Å². The van der Waals surface area contributed by atoms with Crippen molar-refractivity contribution >= 4 is 5.52 Å². The van der Waals surface area contributed by atoms with E-state index in [2.05, 4.69) is 28.8 Å². The first kappa shape index (κ1) is 17.0. The van der Waals surface area contributed by atoms with Crippen LogP contribution in [-0.4, -0.2) is 32.4 Å². The summed E-state index contributed by atoms with van der Waals surface area (Å²) in [6, 6.07) is 10.8. The average molecular weight is 350 g/mol. The smallest absolute Gasteiger partial charge is 0.274 e. The predicted molar refractivity (Wildman–Crippen MR) is 104 cm³/mol. The number of nitrogens with zero attached hydrogens (tertiary/aromatic N) is 3. The van der Waals surface area contributed by atoms with E-state index < -0.39 is 0 Å². The molecule has 1 fully saturated rings. The van der Waals surface area contributed by atoms with Crippen molar-refractivity contribution in [3.05, 3.63) is 58.8 Å². The van der Waals surface area contributed by atoms with Crippen molar-refractivity contribution < 1.29 is 0 Å². The van der Waals surface area contributed by atoms with Gasteiger partial charge in [-0.25, -0.2) is 4.98 Å². The van der Waals surface area contributed by atoms with Gasteiger partial charge in [0, 0.05) is 23.8 Å². The van der Waals surface area contributed by atoms with Crippen LogP contribution in [0, 0.1) is 0 Å².